The Kier molecular flexibility index (Phi) is 18.1. The molecule has 0 heterocycles. The minimum atomic E-state index is -4.18. The molecule has 8 heteroatoms. The monoisotopic (exact) mass is 290 g/mol. The Bertz CT molecular complexity index is 226. The van der Waals surface area contributed by atoms with Crippen LogP contribution in [-0.4, -0.2) is 57.4 Å². The molecule has 0 aliphatic heterocycles. The van der Waals surface area contributed by atoms with Crippen molar-refractivity contribution in [3.8, 4) is 0 Å². The van der Waals surface area contributed by atoms with Gasteiger partial charge in [0.05, 0.1) is 19.1 Å². The zero-order valence-electron chi connectivity index (χ0n) is 11.0. The lowest BCUT2D eigenvalue weighted by atomic mass is 10.4. The third-order valence-corrected chi connectivity index (χ3v) is 1.41. The van der Waals surface area contributed by atoms with Crippen molar-refractivity contribution in [1.29, 1.82) is 0 Å². The van der Waals surface area contributed by atoms with Gasteiger partial charge < -0.3 is 10.6 Å². The molecule has 2 N–H and O–H groups in total. The first-order valence-corrected chi connectivity index (χ1v) is 5.33. The van der Waals surface area contributed by atoms with E-state index >= 15 is 0 Å². The Morgan fingerprint density at radius 2 is 1.72 bits per heavy atom. The molecule has 4 nitrogen and oxygen atoms in total. The van der Waals surface area contributed by atoms with Crippen LogP contribution in [-0.2, 0) is 0 Å². The van der Waals surface area contributed by atoms with Gasteiger partial charge in [-0.2, -0.15) is 13.2 Å². The van der Waals surface area contributed by atoms with Gasteiger partial charge in [-0.25, -0.2) is 9.98 Å². The van der Waals surface area contributed by atoms with Crippen LogP contribution in [0.3, 0.4) is 0 Å². The van der Waals surface area contributed by atoms with E-state index in [2.05, 4.69) is 40.7 Å². The van der Waals surface area contributed by atoms with Crippen molar-refractivity contribution in [2.75, 3.05) is 40.3 Å². The van der Waals surface area contributed by atoms with Crippen molar-refractivity contribution in [3.63, 3.8) is 0 Å². The van der Waals surface area contributed by atoms with Gasteiger partial charge in [-0.15, -0.1) is 12.4 Å². The van der Waals surface area contributed by atoms with Crippen LogP contribution in [0.1, 0.15) is 13.3 Å². The molecule has 0 radical (unpaired) electrons. The summed E-state index contributed by atoms with van der Waals surface area (Å²) in [5.74, 6) is 0. The molecule has 0 amide bonds. The fourth-order valence-corrected chi connectivity index (χ4v) is 0.637. The lowest BCUT2D eigenvalue weighted by molar-refractivity contribution is -0.118. The molecular weight excluding hydrogens is 269 g/mol. The fourth-order valence-electron chi connectivity index (χ4n) is 0.637. The highest BCUT2D eigenvalue weighted by Gasteiger charge is 2.23. The lowest BCUT2D eigenvalue weighted by Crippen LogP contribution is -2.21. The van der Waals surface area contributed by atoms with E-state index in [1.807, 2.05) is 6.92 Å². The summed E-state index contributed by atoms with van der Waals surface area (Å²) in [7, 11) is 4.12. The topological polar surface area (TPSA) is 54.0 Å². The molecular formula is C10H22ClF3N4. The summed E-state index contributed by atoms with van der Waals surface area (Å²) in [4.78, 5) is 9.99. The van der Waals surface area contributed by atoms with Gasteiger partial charge in [-0.3, -0.25) is 0 Å². The Balaban J connectivity index is -0.000000277. The van der Waals surface area contributed by atoms with Crippen LogP contribution in [0.2, 0.25) is 0 Å². The zero-order chi connectivity index (χ0) is 13.7. The highest BCUT2D eigenvalue weighted by atomic mass is 35.5. The SMILES string of the molecule is CCN=C=NCCCN(C)C.Cl.NCC(F)(F)F. The second-order valence-electron chi connectivity index (χ2n) is 3.43. The predicted molar refractivity (Wildman–Crippen MR) is 70.8 cm³/mol. The molecule has 0 aliphatic rings. The zero-order valence-corrected chi connectivity index (χ0v) is 11.8. The first kappa shape index (κ1) is 22.6. The Labute approximate surface area is 113 Å². The standard InChI is InChI=1S/C8H17N3.C2H4F3N.ClH/c1-4-9-8-10-6-5-7-11(2)3;3-2(4,5)1-6;/h4-7H2,1-3H3;1,6H2;1H. The number of rotatable bonds is 5. The quantitative estimate of drug-likeness (QED) is 0.622. The minimum Gasteiger partial charge on any atom is -0.323 e. The molecule has 0 rings (SSSR count). The second kappa shape index (κ2) is 14.4. The van der Waals surface area contributed by atoms with Gasteiger partial charge >= 0.3 is 6.18 Å². The van der Waals surface area contributed by atoms with Gasteiger partial charge in [0.25, 0.3) is 0 Å². The maximum absolute atomic E-state index is 10.7. The Hall–Kier alpha value is -0.620. The fraction of sp³-hybridized carbons (Fsp3) is 0.900. The summed E-state index contributed by atoms with van der Waals surface area (Å²) >= 11 is 0. The van der Waals surface area contributed by atoms with E-state index in [1.54, 1.807) is 0 Å². The Morgan fingerprint density at radius 1 is 1.22 bits per heavy atom. The van der Waals surface area contributed by atoms with Crippen LogP contribution < -0.4 is 5.73 Å². The van der Waals surface area contributed by atoms with Crippen molar-refractivity contribution in [2.24, 2.45) is 15.7 Å². The van der Waals surface area contributed by atoms with E-state index in [4.69, 9.17) is 0 Å². The van der Waals surface area contributed by atoms with Crippen LogP contribution >= 0.6 is 12.4 Å². The summed E-state index contributed by atoms with van der Waals surface area (Å²) < 4.78 is 32.0. The second-order valence-corrected chi connectivity index (χ2v) is 3.43. The lowest BCUT2D eigenvalue weighted by Gasteiger charge is -2.05. The summed E-state index contributed by atoms with van der Waals surface area (Å²) in [5, 5.41) is 0. The van der Waals surface area contributed by atoms with Crippen molar-refractivity contribution in [1.82, 2.24) is 4.90 Å². The first-order valence-electron chi connectivity index (χ1n) is 5.33. The maximum Gasteiger partial charge on any atom is 0.400 e. The van der Waals surface area contributed by atoms with Gasteiger partial charge in [-0.05, 0) is 34.0 Å². The van der Waals surface area contributed by atoms with E-state index < -0.39 is 12.7 Å². The molecule has 0 aromatic heterocycles. The van der Waals surface area contributed by atoms with E-state index in [1.165, 1.54) is 0 Å². The van der Waals surface area contributed by atoms with Crippen LogP contribution in [0.5, 0.6) is 0 Å². The normalized spacial score (nSPS) is 9.78. The van der Waals surface area contributed by atoms with Crippen molar-refractivity contribution in [3.05, 3.63) is 0 Å². The number of hydrogen-bond donors (Lipinski definition) is 1. The summed E-state index contributed by atoms with van der Waals surface area (Å²) in [5.41, 5.74) is 4.18. The molecule has 0 saturated heterocycles. The molecule has 0 aromatic carbocycles. The number of nitrogens with two attached hydrogens (primary N) is 1. The number of nitrogens with zero attached hydrogens (tertiary/aromatic N) is 3. The van der Waals surface area contributed by atoms with Gasteiger partial charge in [-0.1, -0.05) is 0 Å². The van der Waals surface area contributed by atoms with Gasteiger partial charge in [0, 0.05) is 6.54 Å². The molecule has 0 atom stereocenters. The molecule has 0 spiro atoms. The summed E-state index contributed by atoms with van der Waals surface area (Å²) in [6.07, 6.45) is -3.10. The smallest absolute Gasteiger partial charge is 0.323 e. The van der Waals surface area contributed by atoms with E-state index in [9.17, 15) is 13.2 Å². The average Bonchev–Trinajstić information content (AvgIpc) is 2.23. The van der Waals surface area contributed by atoms with Crippen LogP contribution in [0.25, 0.3) is 0 Å². The van der Waals surface area contributed by atoms with Gasteiger partial charge in [0.15, 0.2) is 0 Å². The average molecular weight is 291 g/mol. The molecule has 0 bridgehead atoms. The third-order valence-electron chi connectivity index (χ3n) is 1.41. The van der Waals surface area contributed by atoms with Crippen LogP contribution in [0.15, 0.2) is 9.98 Å². The molecule has 0 aliphatic carbocycles. The molecule has 0 saturated carbocycles. The van der Waals surface area contributed by atoms with Gasteiger partial charge in [0.1, 0.15) is 0 Å². The number of aliphatic imine (C=N–C) groups is 2. The van der Waals surface area contributed by atoms with Gasteiger partial charge in [0.2, 0.25) is 0 Å². The number of alkyl halides is 3. The predicted octanol–water partition coefficient (Wildman–Crippen LogP) is 2.06. The van der Waals surface area contributed by atoms with E-state index in [0.29, 0.717) is 0 Å². The molecule has 0 fully saturated rings. The first-order chi connectivity index (χ1) is 7.83. The summed E-state index contributed by atoms with van der Waals surface area (Å²) in [6, 6.07) is 2.64. The minimum absolute atomic E-state index is 0. The molecule has 110 valence electrons. The van der Waals surface area contributed by atoms with E-state index in [0.717, 1.165) is 26.1 Å². The highest BCUT2D eigenvalue weighted by Crippen LogP contribution is 2.10. The maximum atomic E-state index is 10.7. The largest absolute Gasteiger partial charge is 0.400 e. The van der Waals surface area contributed by atoms with Crippen LogP contribution in [0, 0.1) is 0 Å². The molecule has 18 heavy (non-hydrogen) atoms. The van der Waals surface area contributed by atoms with Crippen LogP contribution in [0.4, 0.5) is 13.2 Å². The van der Waals surface area contributed by atoms with E-state index in [-0.39, 0.29) is 12.4 Å². The van der Waals surface area contributed by atoms with Crippen molar-refractivity contribution >= 4 is 18.4 Å². The number of hydrogen-bond acceptors (Lipinski definition) is 4. The molecule has 0 unspecified atom stereocenters. The van der Waals surface area contributed by atoms with Crippen molar-refractivity contribution in [2.45, 2.75) is 19.5 Å². The summed E-state index contributed by atoms with van der Waals surface area (Å²) in [6.45, 7) is 3.44. The third kappa shape index (κ3) is 29.5. The van der Waals surface area contributed by atoms with Crippen molar-refractivity contribution < 1.29 is 13.2 Å². The highest BCUT2D eigenvalue weighted by molar-refractivity contribution is 5.85. The Morgan fingerprint density at radius 3 is 2.06 bits per heavy atom. The number of halogens is 4. The molecule has 0 aromatic rings.